The van der Waals surface area contributed by atoms with Crippen molar-refractivity contribution in [3.8, 4) is 0 Å². The van der Waals surface area contributed by atoms with Gasteiger partial charge in [-0.25, -0.2) is 8.42 Å². The summed E-state index contributed by atoms with van der Waals surface area (Å²) in [6.07, 6.45) is -1.90. The lowest BCUT2D eigenvalue weighted by Gasteiger charge is -2.34. The standard InChI is InChI=1S/C27H29NO5S/c1-3-22-18-33-27(28(22)34(31,32)23-16-14-19(2)15-17-23)24(25(29)20-10-6-4-7-11-20)26(30)21-12-8-5-9-13-21/h4-17,22,24-25,27,29H,3,18H2,1-2H3/t22-,24+,25+,27-/m1/s1. The van der Waals surface area contributed by atoms with Gasteiger partial charge >= 0.3 is 0 Å². The largest absolute Gasteiger partial charge is 0.387 e. The number of carbonyl (C=O) groups excluding carboxylic acids is 1. The van der Waals surface area contributed by atoms with E-state index in [4.69, 9.17) is 4.74 Å². The van der Waals surface area contributed by atoms with Gasteiger partial charge in [-0.15, -0.1) is 0 Å². The summed E-state index contributed by atoms with van der Waals surface area (Å²) in [5, 5.41) is 11.4. The Bertz CT molecular complexity index is 1210. The molecule has 1 aliphatic rings. The Morgan fingerprint density at radius 3 is 2.18 bits per heavy atom. The highest BCUT2D eigenvalue weighted by molar-refractivity contribution is 7.89. The average Bonchev–Trinajstić information content (AvgIpc) is 3.30. The number of aryl methyl sites for hydroxylation is 1. The van der Waals surface area contributed by atoms with Gasteiger partial charge < -0.3 is 9.84 Å². The fraction of sp³-hybridized carbons (Fsp3) is 0.296. The molecule has 0 aliphatic carbocycles. The fourth-order valence-corrected chi connectivity index (χ4v) is 6.16. The molecule has 0 amide bonds. The van der Waals surface area contributed by atoms with Crippen molar-refractivity contribution in [2.75, 3.05) is 6.61 Å². The minimum atomic E-state index is -4.00. The summed E-state index contributed by atoms with van der Waals surface area (Å²) in [6, 6.07) is 23.6. The number of aliphatic hydroxyl groups is 1. The minimum absolute atomic E-state index is 0.132. The molecule has 3 aromatic rings. The Balaban J connectivity index is 1.81. The molecule has 1 saturated heterocycles. The number of benzene rings is 3. The predicted octanol–water partition coefficient (Wildman–Crippen LogP) is 4.35. The summed E-state index contributed by atoms with van der Waals surface area (Å²) in [4.78, 5) is 13.9. The van der Waals surface area contributed by atoms with Crippen molar-refractivity contribution < 1.29 is 23.1 Å². The van der Waals surface area contributed by atoms with Crippen LogP contribution in [0.2, 0.25) is 0 Å². The lowest BCUT2D eigenvalue weighted by Crippen LogP contribution is -2.48. The van der Waals surface area contributed by atoms with Crippen LogP contribution in [-0.2, 0) is 14.8 Å². The molecule has 0 aromatic heterocycles. The molecule has 4 rings (SSSR count). The van der Waals surface area contributed by atoms with Crippen LogP contribution in [0.1, 0.15) is 40.9 Å². The normalized spacial score (nSPS) is 20.7. The third-order valence-electron chi connectivity index (χ3n) is 6.29. The van der Waals surface area contributed by atoms with Gasteiger partial charge in [0.1, 0.15) is 6.23 Å². The van der Waals surface area contributed by atoms with Crippen LogP contribution < -0.4 is 0 Å². The lowest BCUT2D eigenvalue weighted by atomic mass is 9.87. The van der Waals surface area contributed by atoms with Crippen LogP contribution in [0.5, 0.6) is 0 Å². The Hall–Kier alpha value is -2.84. The van der Waals surface area contributed by atoms with Gasteiger partial charge in [-0.05, 0) is 31.0 Å². The highest BCUT2D eigenvalue weighted by Crippen LogP contribution is 2.38. The monoisotopic (exact) mass is 479 g/mol. The maximum absolute atomic E-state index is 13.8. The molecule has 0 unspecified atom stereocenters. The second kappa shape index (κ2) is 10.2. The minimum Gasteiger partial charge on any atom is -0.387 e. The van der Waals surface area contributed by atoms with Gasteiger partial charge in [0, 0.05) is 5.56 Å². The summed E-state index contributed by atoms with van der Waals surface area (Å²) >= 11 is 0. The van der Waals surface area contributed by atoms with Crippen LogP contribution in [0.25, 0.3) is 0 Å². The van der Waals surface area contributed by atoms with Gasteiger partial charge in [-0.1, -0.05) is 85.3 Å². The number of aliphatic hydroxyl groups excluding tert-OH is 1. The van der Waals surface area contributed by atoms with Gasteiger partial charge in [-0.2, -0.15) is 4.31 Å². The van der Waals surface area contributed by atoms with Crippen molar-refractivity contribution >= 4 is 15.8 Å². The number of ketones is 1. The number of nitrogens with zero attached hydrogens (tertiary/aromatic N) is 1. The molecule has 0 radical (unpaired) electrons. The van der Waals surface area contributed by atoms with E-state index in [9.17, 15) is 18.3 Å². The van der Waals surface area contributed by atoms with Gasteiger partial charge in [0.25, 0.3) is 0 Å². The smallest absolute Gasteiger partial charge is 0.245 e. The zero-order valence-corrected chi connectivity index (χ0v) is 20.1. The molecule has 1 heterocycles. The van der Waals surface area contributed by atoms with Crippen molar-refractivity contribution in [1.29, 1.82) is 0 Å². The first-order valence-corrected chi connectivity index (χ1v) is 12.8. The zero-order chi connectivity index (χ0) is 24.3. The first-order chi connectivity index (χ1) is 16.3. The van der Waals surface area contributed by atoms with Crippen molar-refractivity contribution in [3.05, 3.63) is 102 Å². The third kappa shape index (κ3) is 4.70. The number of carbonyl (C=O) groups is 1. The molecule has 34 heavy (non-hydrogen) atoms. The molecule has 4 atom stereocenters. The molecule has 0 bridgehead atoms. The van der Waals surface area contributed by atoms with Crippen molar-refractivity contribution in [2.24, 2.45) is 5.92 Å². The molecule has 1 fully saturated rings. The summed E-state index contributed by atoms with van der Waals surface area (Å²) < 4.78 is 34.9. The van der Waals surface area contributed by atoms with Crippen LogP contribution in [0, 0.1) is 12.8 Å². The van der Waals surface area contributed by atoms with Crippen LogP contribution in [-0.4, -0.2) is 42.5 Å². The quantitative estimate of drug-likeness (QED) is 0.486. The first kappa shape index (κ1) is 24.3. The second-order valence-electron chi connectivity index (χ2n) is 8.55. The number of rotatable bonds is 8. The topological polar surface area (TPSA) is 83.9 Å². The Kier molecular flexibility index (Phi) is 7.28. The van der Waals surface area contributed by atoms with Crippen molar-refractivity contribution in [3.63, 3.8) is 0 Å². The van der Waals surface area contributed by atoms with Gasteiger partial charge in [0.15, 0.2) is 5.78 Å². The van der Waals surface area contributed by atoms with Gasteiger partial charge in [-0.3, -0.25) is 4.79 Å². The predicted molar refractivity (Wildman–Crippen MR) is 130 cm³/mol. The van der Waals surface area contributed by atoms with E-state index in [0.29, 0.717) is 17.5 Å². The van der Waals surface area contributed by atoms with E-state index < -0.39 is 34.3 Å². The van der Waals surface area contributed by atoms with E-state index in [1.807, 2.05) is 19.9 Å². The average molecular weight is 480 g/mol. The van der Waals surface area contributed by atoms with E-state index >= 15 is 0 Å². The molecular formula is C27H29NO5S. The van der Waals surface area contributed by atoms with E-state index in [0.717, 1.165) is 5.56 Å². The summed E-state index contributed by atoms with van der Waals surface area (Å²) in [5.74, 6) is -1.52. The molecule has 0 spiro atoms. The Morgan fingerprint density at radius 2 is 1.59 bits per heavy atom. The second-order valence-corrected chi connectivity index (χ2v) is 10.4. The SMILES string of the molecule is CC[C@@H]1CO[C@H]([C@H](C(=O)c2ccccc2)[C@@H](O)c2ccccc2)N1S(=O)(=O)c1ccc(C)cc1. The number of ether oxygens (including phenoxy) is 1. The third-order valence-corrected chi connectivity index (χ3v) is 8.22. The van der Waals surface area contributed by atoms with Crippen molar-refractivity contribution in [1.82, 2.24) is 4.31 Å². The zero-order valence-electron chi connectivity index (χ0n) is 19.2. The van der Waals surface area contributed by atoms with Crippen LogP contribution in [0.3, 0.4) is 0 Å². The Labute approximate surface area is 200 Å². The van der Waals surface area contributed by atoms with Gasteiger partial charge in [0.2, 0.25) is 10.0 Å². The molecule has 1 aliphatic heterocycles. The summed E-state index contributed by atoms with van der Waals surface area (Å²) in [5.41, 5.74) is 1.85. The molecule has 1 N–H and O–H groups in total. The lowest BCUT2D eigenvalue weighted by molar-refractivity contribution is -0.0276. The number of hydrogen-bond acceptors (Lipinski definition) is 5. The maximum atomic E-state index is 13.8. The maximum Gasteiger partial charge on any atom is 0.245 e. The van der Waals surface area contributed by atoms with Crippen LogP contribution in [0.4, 0.5) is 0 Å². The number of Topliss-reactive ketones (excluding diaryl/α,β-unsaturated/α-hetero) is 1. The van der Waals surface area contributed by atoms with Crippen LogP contribution >= 0.6 is 0 Å². The number of hydrogen-bond donors (Lipinski definition) is 1. The number of sulfonamides is 1. The summed E-state index contributed by atoms with van der Waals surface area (Å²) in [6.45, 7) is 3.92. The molecule has 178 valence electrons. The summed E-state index contributed by atoms with van der Waals surface area (Å²) in [7, 11) is -4.00. The Morgan fingerprint density at radius 1 is 1.00 bits per heavy atom. The van der Waals surface area contributed by atoms with E-state index in [1.165, 1.54) is 4.31 Å². The molecule has 6 nitrogen and oxygen atoms in total. The van der Waals surface area contributed by atoms with E-state index in [1.54, 1.807) is 78.9 Å². The van der Waals surface area contributed by atoms with Gasteiger partial charge in [0.05, 0.1) is 29.6 Å². The molecular weight excluding hydrogens is 450 g/mol. The first-order valence-electron chi connectivity index (χ1n) is 11.4. The highest BCUT2D eigenvalue weighted by atomic mass is 32.2. The van der Waals surface area contributed by atoms with Crippen molar-refractivity contribution in [2.45, 2.75) is 43.5 Å². The molecule has 7 heteroatoms. The van der Waals surface area contributed by atoms with E-state index in [-0.39, 0.29) is 17.3 Å². The molecule has 3 aromatic carbocycles. The fourth-order valence-electron chi connectivity index (χ4n) is 4.37. The van der Waals surface area contributed by atoms with E-state index in [2.05, 4.69) is 0 Å². The highest BCUT2D eigenvalue weighted by Gasteiger charge is 2.50. The van der Waals surface area contributed by atoms with Crippen LogP contribution in [0.15, 0.2) is 89.8 Å². The molecule has 0 saturated carbocycles.